The smallest absolute Gasteiger partial charge is 0.259 e. The van der Waals surface area contributed by atoms with Crippen LogP contribution in [0.25, 0.3) is 5.65 Å². The van der Waals surface area contributed by atoms with Gasteiger partial charge in [-0.25, -0.2) is 0 Å². The van der Waals surface area contributed by atoms with Crippen molar-refractivity contribution in [3.63, 3.8) is 0 Å². The van der Waals surface area contributed by atoms with Crippen LogP contribution < -0.4 is 10.2 Å². The normalized spacial score (nSPS) is 14.3. The number of nitrogens with zero attached hydrogens (tertiary/aromatic N) is 5. The molecule has 1 aliphatic heterocycles. The van der Waals surface area contributed by atoms with Gasteiger partial charge in [-0.2, -0.15) is 4.52 Å². The fraction of sp³-hybridized carbons (Fsp3) is 0.250. The molecule has 0 atom stereocenters. The third kappa shape index (κ3) is 2.61. The van der Waals surface area contributed by atoms with E-state index in [0.717, 1.165) is 18.8 Å². The van der Waals surface area contributed by atoms with Crippen molar-refractivity contribution in [2.24, 2.45) is 0 Å². The first-order valence-electron chi connectivity index (χ1n) is 7.64. The lowest BCUT2D eigenvalue weighted by Crippen LogP contribution is -2.17. The zero-order valence-electron chi connectivity index (χ0n) is 12.5. The predicted octanol–water partition coefficient (Wildman–Crippen LogP) is 1.98. The Balaban J connectivity index is 1.53. The van der Waals surface area contributed by atoms with E-state index in [-0.39, 0.29) is 5.91 Å². The molecule has 0 saturated carbocycles. The Hall–Kier alpha value is -2.96. The molecule has 0 bridgehead atoms. The Morgan fingerprint density at radius 2 is 1.87 bits per heavy atom. The first-order valence-corrected chi connectivity index (χ1v) is 7.64. The van der Waals surface area contributed by atoms with Crippen molar-refractivity contribution in [1.29, 1.82) is 0 Å². The van der Waals surface area contributed by atoms with Gasteiger partial charge in [-0.1, -0.05) is 0 Å². The second kappa shape index (κ2) is 5.68. The monoisotopic (exact) mass is 308 g/mol. The van der Waals surface area contributed by atoms with Crippen molar-refractivity contribution in [1.82, 2.24) is 20.0 Å². The number of carbonyl (C=O) groups excluding carboxylic acids is 1. The number of pyridine rings is 1. The van der Waals surface area contributed by atoms with Crippen LogP contribution in [-0.4, -0.2) is 39.0 Å². The maximum Gasteiger partial charge on any atom is 0.259 e. The first kappa shape index (κ1) is 13.7. The summed E-state index contributed by atoms with van der Waals surface area (Å²) in [5.41, 5.74) is 2.84. The van der Waals surface area contributed by atoms with Gasteiger partial charge in [0, 0.05) is 30.7 Å². The van der Waals surface area contributed by atoms with Crippen LogP contribution in [-0.2, 0) is 0 Å². The number of amides is 1. The predicted molar refractivity (Wildman–Crippen MR) is 86.6 cm³/mol. The molecule has 1 aliphatic rings. The molecule has 1 aromatic carbocycles. The highest BCUT2D eigenvalue weighted by molar-refractivity contribution is 6.08. The number of rotatable bonds is 3. The molecule has 0 radical (unpaired) electrons. The molecule has 0 spiro atoms. The summed E-state index contributed by atoms with van der Waals surface area (Å²) in [5, 5.41) is 14.2. The van der Waals surface area contributed by atoms with E-state index >= 15 is 0 Å². The summed E-state index contributed by atoms with van der Waals surface area (Å²) in [5.74, 6) is -0.223. The van der Waals surface area contributed by atoms with E-state index in [1.165, 1.54) is 23.0 Å². The molecule has 3 heterocycles. The average molecular weight is 308 g/mol. The largest absolute Gasteiger partial charge is 0.372 e. The van der Waals surface area contributed by atoms with Gasteiger partial charge >= 0.3 is 0 Å². The summed E-state index contributed by atoms with van der Waals surface area (Å²) in [4.78, 5) is 14.8. The highest BCUT2D eigenvalue weighted by Crippen LogP contribution is 2.22. The van der Waals surface area contributed by atoms with Crippen molar-refractivity contribution < 1.29 is 4.79 Å². The number of fused-ring (bicyclic) bond motifs is 1. The molecule has 23 heavy (non-hydrogen) atoms. The Bertz CT molecular complexity index is 835. The van der Waals surface area contributed by atoms with E-state index in [9.17, 15) is 4.79 Å². The quantitative estimate of drug-likeness (QED) is 0.800. The number of anilines is 2. The maximum absolute atomic E-state index is 12.4. The maximum atomic E-state index is 12.4. The Morgan fingerprint density at radius 1 is 1.09 bits per heavy atom. The van der Waals surface area contributed by atoms with Crippen molar-refractivity contribution in [3.8, 4) is 0 Å². The molecule has 116 valence electrons. The minimum absolute atomic E-state index is 0.223. The number of hydrogen-bond donors (Lipinski definition) is 1. The first-order chi connectivity index (χ1) is 11.3. The van der Waals surface area contributed by atoms with Gasteiger partial charge in [-0.05, 0) is 59.7 Å². The lowest BCUT2D eigenvalue weighted by atomic mass is 10.2. The molecule has 2 aromatic heterocycles. The molecule has 0 aliphatic carbocycles. The number of benzene rings is 1. The van der Waals surface area contributed by atoms with Crippen LogP contribution in [0.5, 0.6) is 0 Å². The van der Waals surface area contributed by atoms with E-state index in [4.69, 9.17) is 0 Å². The van der Waals surface area contributed by atoms with Crippen molar-refractivity contribution in [2.75, 3.05) is 23.3 Å². The van der Waals surface area contributed by atoms with Gasteiger partial charge in [0.05, 0.1) is 5.56 Å². The molecular formula is C16H16N6O. The molecule has 1 amide bonds. The molecule has 1 N–H and O–H groups in total. The second-order valence-electron chi connectivity index (χ2n) is 5.56. The minimum atomic E-state index is -0.223. The van der Waals surface area contributed by atoms with Gasteiger partial charge in [0.25, 0.3) is 5.91 Å². The molecular weight excluding hydrogens is 292 g/mol. The molecule has 7 nitrogen and oxygen atoms in total. The van der Waals surface area contributed by atoms with Crippen LogP contribution in [0, 0.1) is 0 Å². The number of carbonyl (C=O) groups is 1. The van der Waals surface area contributed by atoms with E-state index < -0.39 is 0 Å². The van der Waals surface area contributed by atoms with Gasteiger partial charge in [0.15, 0.2) is 5.65 Å². The molecule has 1 saturated heterocycles. The number of hydrogen-bond acceptors (Lipinski definition) is 5. The standard InChI is InChI=1S/C16H16N6O/c23-16(14-4-3-11-22-15(14)18-19-20-22)17-12-5-7-13(8-6-12)21-9-1-2-10-21/h3-8,11H,1-2,9-10H2,(H,17,23). The van der Waals surface area contributed by atoms with Crippen LogP contribution in [0.4, 0.5) is 11.4 Å². The molecule has 4 rings (SSSR count). The van der Waals surface area contributed by atoms with Gasteiger partial charge < -0.3 is 10.2 Å². The third-order valence-electron chi connectivity index (χ3n) is 4.06. The second-order valence-corrected chi connectivity index (χ2v) is 5.56. The van der Waals surface area contributed by atoms with Crippen LogP contribution in [0.15, 0.2) is 42.6 Å². The lowest BCUT2D eigenvalue weighted by Gasteiger charge is -2.17. The summed E-state index contributed by atoms with van der Waals surface area (Å²) in [6, 6.07) is 11.4. The topological polar surface area (TPSA) is 75.4 Å². The fourth-order valence-electron chi connectivity index (χ4n) is 2.87. The average Bonchev–Trinajstić information content (AvgIpc) is 3.26. The van der Waals surface area contributed by atoms with Crippen LogP contribution >= 0.6 is 0 Å². The number of nitrogens with one attached hydrogen (secondary N) is 1. The zero-order chi connectivity index (χ0) is 15.6. The number of aromatic nitrogens is 4. The van der Waals surface area contributed by atoms with Crippen molar-refractivity contribution in [2.45, 2.75) is 12.8 Å². The summed E-state index contributed by atoms with van der Waals surface area (Å²) in [6.45, 7) is 2.21. The number of tetrazole rings is 1. The van der Waals surface area contributed by atoms with Crippen molar-refractivity contribution >= 4 is 22.9 Å². The van der Waals surface area contributed by atoms with Crippen LogP contribution in [0.1, 0.15) is 23.2 Å². The van der Waals surface area contributed by atoms with Gasteiger partial charge in [0.2, 0.25) is 0 Å². The minimum Gasteiger partial charge on any atom is -0.372 e. The highest BCUT2D eigenvalue weighted by Gasteiger charge is 2.14. The Kier molecular flexibility index (Phi) is 3.38. The summed E-state index contributed by atoms with van der Waals surface area (Å²) in [7, 11) is 0. The summed E-state index contributed by atoms with van der Waals surface area (Å²) < 4.78 is 1.48. The van der Waals surface area contributed by atoms with Gasteiger partial charge in [-0.3, -0.25) is 4.79 Å². The van der Waals surface area contributed by atoms with E-state index in [2.05, 4.69) is 25.7 Å². The van der Waals surface area contributed by atoms with E-state index in [1.807, 2.05) is 24.3 Å². The fourth-order valence-corrected chi connectivity index (χ4v) is 2.87. The van der Waals surface area contributed by atoms with Crippen molar-refractivity contribution in [3.05, 3.63) is 48.2 Å². The van der Waals surface area contributed by atoms with E-state index in [1.54, 1.807) is 18.3 Å². The van der Waals surface area contributed by atoms with Crippen LogP contribution in [0.3, 0.4) is 0 Å². The Labute approximate surface area is 132 Å². The van der Waals surface area contributed by atoms with Gasteiger partial charge in [0.1, 0.15) is 0 Å². The van der Waals surface area contributed by atoms with Crippen LogP contribution in [0.2, 0.25) is 0 Å². The molecule has 3 aromatic rings. The SMILES string of the molecule is O=C(Nc1ccc(N2CCCC2)cc1)c1cccn2nnnc12. The van der Waals surface area contributed by atoms with Gasteiger partial charge in [-0.15, -0.1) is 5.10 Å². The zero-order valence-corrected chi connectivity index (χ0v) is 12.5. The lowest BCUT2D eigenvalue weighted by molar-refractivity contribution is 0.102. The highest BCUT2D eigenvalue weighted by atomic mass is 16.1. The summed E-state index contributed by atoms with van der Waals surface area (Å²) in [6.07, 6.45) is 4.20. The molecule has 7 heteroatoms. The summed E-state index contributed by atoms with van der Waals surface area (Å²) >= 11 is 0. The Morgan fingerprint density at radius 3 is 2.65 bits per heavy atom. The molecule has 1 fully saturated rings. The third-order valence-corrected chi connectivity index (χ3v) is 4.06. The molecule has 0 unspecified atom stereocenters. The van der Waals surface area contributed by atoms with E-state index in [0.29, 0.717) is 11.2 Å².